The van der Waals surface area contributed by atoms with Crippen LogP contribution in [0.25, 0.3) is 0 Å². The molecule has 2 rings (SSSR count). The first-order valence-corrected chi connectivity index (χ1v) is 11.8. The second-order valence-corrected chi connectivity index (χ2v) is 9.80. The third kappa shape index (κ3) is 6.71. The first-order valence-electron chi connectivity index (χ1n) is 10.4. The van der Waals surface area contributed by atoms with Gasteiger partial charge in [-0.05, 0) is 67.6 Å². The van der Waals surface area contributed by atoms with Crippen LogP contribution < -0.4 is 19.7 Å². The second-order valence-electron chi connectivity index (χ2n) is 7.97. The van der Waals surface area contributed by atoms with Crippen LogP contribution in [0, 0.1) is 19.8 Å². The van der Waals surface area contributed by atoms with Gasteiger partial charge in [-0.2, -0.15) is 0 Å². The molecule has 0 saturated carbocycles. The summed E-state index contributed by atoms with van der Waals surface area (Å²) in [5, 5.41) is 4.81. The predicted octanol–water partition coefficient (Wildman–Crippen LogP) is 3.38. The number of anilines is 1. The van der Waals surface area contributed by atoms with E-state index in [0.29, 0.717) is 23.8 Å². The maximum Gasteiger partial charge on any atom is 0.321 e. The molecule has 0 aliphatic rings. The minimum Gasteiger partial charge on any atom is -0.497 e. The van der Waals surface area contributed by atoms with Crippen LogP contribution in [0.5, 0.6) is 5.75 Å². The Bertz CT molecular complexity index is 1050. The Kier molecular flexibility index (Phi) is 8.65. The van der Waals surface area contributed by atoms with Crippen LogP contribution in [0.4, 0.5) is 10.5 Å². The lowest BCUT2D eigenvalue weighted by Crippen LogP contribution is -2.46. The van der Waals surface area contributed by atoms with Gasteiger partial charge in [0.15, 0.2) is 0 Å². The maximum absolute atomic E-state index is 13.5. The van der Waals surface area contributed by atoms with Gasteiger partial charge >= 0.3 is 6.03 Å². The average molecular weight is 462 g/mol. The highest BCUT2D eigenvalue weighted by Crippen LogP contribution is 2.27. The Balaban J connectivity index is 2.31. The number of carbonyl (C=O) groups is 2. The van der Waals surface area contributed by atoms with Crippen molar-refractivity contribution in [3.05, 3.63) is 53.6 Å². The highest BCUT2D eigenvalue weighted by Gasteiger charge is 2.29. The first kappa shape index (κ1) is 25.2. The smallest absolute Gasteiger partial charge is 0.321 e. The third-order valence-corrected chi connectivity index (χ3v) is 6.74. The second kappa shape index (κ2) is 11.0. The number of amides is 3. The number of methoxy groups -OCH3 is 1. The van der Waals surface area contributed by atoms with Crippen molar-refractivity contribution in [2.24, 2.45) is 5.92 Å². The molecule has 2 aromatic rings. The summed E-state index contributed by atoms with van der Waals surface area (Å²) < 4.78 is 33.2. The van der Waals surface area contributed by atoms with Gasteiger partial charge in [0.2, 0.25) is 5.91 Å². The number of carbonyl (C=O) groups excluding carboxylic acids is 2. The molecule has 0 spiro atoms. The molecule has 0 fully saturated rings. The van der Waals surface area contributed by atoms with Gasteiger partial charge in [0.25, 0.3) is 10.0 Å². The number of rotatable bonds is 9. The van der Waals surface area contributed by atoms with E-state index in [4.69, 9.17) is 4.74 Å². The zero-order chi connectivity index (χ0) is 23.9. The summed E-state index contributed by atoms with van der Waals surface area (Å²) in [5.74, 6) is 0.211. The van der Waals surface area contributed by atoms with Crippen molar-refractivity contribution in [2.45, 2.75) is 39.0 Å². The van der Waals surface area contributed by atoms with Crippen molar-refractivity contribution in [1.82, 2.24) is 10.6 Å². The van der Waals surface area contributed by atoms with Crippen molar-refractivity contribution in [2.75, 3.05) is 24.5 Å². The molecule has 0 aliphatic heterocycles. The lowest BCUT2D eigenvalue weighted by atomic mass is 10.1. The van der Waals surface area contributed by atoms with E-state index in [2.05, 4.69) is 10.6 Å². The fourth-order valence-electron chi connectivity index (χ4n) is 2.98. The van der Waals surface area contributed by atoms with Gasteiger partial charge in [-0.1, -0.05) is 26.0 Å². The van der Waals surface area contributed by atoms with Crippen LogP contribution in [0.1, 0.15) is 31.4 Å². The van der Waals surface area contributed by atoms with Gasteiger partial charge in [0.1, 0.15) is 12.3 Å². The maximum atomic E-state index is 13.5. The minimum absolute atomic E-state index is 0.0995. The summed E-state index contributed by atoms with van der Waals surface area (Å²) in [6.45, 7) is 7.40. The van der Waals surface area contributed by atoms with Gasteiger partial charge in [-0.3, -0.25) is 14.4 Å². The van der Waals surface area contributed by atoms with Gasteiger partial charge in [0.05, 0.1) is 17.7 Å². The topological polar surface area (TPSA) is 105 Å². The van der Waals surface area contributed by atoms with Crippen molar-refractivity contribution in [3.8, 4) is 5.75 Å². The van der Waals surface area contributed by atoms with Crippen LogP contribution >= 0.6 is 0 Å². The van der Waals surface area contributed by atoms with Gasteiger partial charge in [-0.25, -0.2) is 13.2 Å². The molecule has 0 aromatic heterocycles. The highest BCUT2D eigenvalue weighted by atomic mass is 32.2. The van der Waals surface area contributed by atoms with E-state index >= 15 is 0 Å². The fourth-order valence-corrected chi connectivity index (χ4v) is 4.72. The number of imide groups is 1. The first-order chi connectivity index (χ1) is 15.0. The zero-order valence-electron chi connectivity index (χ0n) is 19.1. The molecule has 0 atom stereocenters. The van der Waals surface area contributed by atoms with E-state index < -0.39 is 28.5 Å². The molecule has 9 heteroatoms. The van der Waals surface area contributed by atoms with Crippen molar-refractivity contribution < 1.29 is 22.7 Å². The summed E-state index contributed by atoms with van der Waals surface area (Å²) in [4.78, 5) is 24.7. The lowest BCUT2D eigenvalue weighted by molar-refractivity contribution is -0.118. The van der Waals surface area contributed by atoms with E-state index in [0.717, 1.165) is 16.3 Å². The molecule has 2 N–H and O–H groups in total. The summed E-state index contributed by atoms with van der Waals surface area (Å²) >= 11 is 0. The van der Waals surface area contributed by atoms with Crippen LogP contribution in [0.15, 0.2) is 47.4 Å². The zero-order valence-corrected chi connectivity index (χ0v) is 20.0. The molecule has 0 saturated heterocycles. The van der Waals surface area contributed by atoms with Crippen molar-refractivity contribution >= 4 is 27.6 Å². The Labute approximate surface area is 190 Å². The standard InChI is InChI=1S/C23H31N3O5S/c1-16(2)12-13-24-23(28)25-22(27)15-26(19-8-10-20(31-5)11-9-19)32(29,30)21-14-17(3)6-7-18(21)4/h6-11,14,16H,12-13,15H2,1-5H3,(H2,24,25,27,28). The molecule has 0 heterocycles. The van der Waals surface area contributed by atoms with Crippen molar-refractivity contribution in [1.29, 1.82) is 0 Å². The molecule has 0 aliphatic carbocycles. The fraction of sp³-hybridized carbons (Fsp3) is 0.391. The number of aryl methyl sites for hydroxylation is 2. The average Bonchev–Trinajstić information content (AvgIpc) is 2.73. The van der Waals surface area contributed by atoms with Crippen LogP contribution in [0.2, 0.25) is 0 Å². The SMILES string of the molecule is COc1ccc(N(CC(=O)NC(=O)NCCC(C)C)S(=O)(=O)c2cc(C)ccc2C)cc1. The molecule has 2 aromatic carbocycles. The number of hydrogen-bond acceptors (Lipinski definition) is 5. The molecule has 3 amide bonds. The molecule has 8 nitrogen and oxygen atoms in total. The van der Waals surface area contributed by atoms with Gasteiger partial charge in [0, 0.05) is 6.54 Å². The number of benzene rings is 2. The molecule has 0 bridgehead atoms. The third-order valence-electron chi connectivity index (χ3n) is 4.82. The quantitative estimate of drug-likeness (QED) is 0.596. The monoisotopic (exact) mass is 461 g/mol. The van der Waals surface area contributed by atoms with E-state index in [1.807, 2.05) is 19.9 Å². The van der Waals surface area contributed by atoms with E-state index in [-0.39, 0.29) is 10.6 Å². The Morgan fingerprint density at radius 1 is 1.06 bits per heavy atom. The van der Waals surface area contributed by atoms with Crippen LogP contribution in [-0.2, 0) is 14.8 Å². The molecule has 174 valence electrons. The number of sulfonamides is 1. The largest absolute Gasteiger partial charge is 0.497 e. The number of urea groups is 1. The predicted molar refractivity (Wildman–Crippen MR) is 124 cm³/mol. The van der Waals surface area contributed by atoms with Crippen LogP contribution in [0.3, 0.4) is 0 Å². The minimum atomic E-state index is -4.09. The summed E-state index contributed by atoms with van der Waals surface area (Å²) in [7, 11) is -2.58. The van der Waals surface area contributed by atoms with E-state index in [1.54, 1.807) is 50.2 Å². The van der Waals surface area contributed by atoms with Gasteiger partial charge < -0.3 is 10.1 Å². The Hall–Kier alpha value is -3.07. The molecule has 32 heavy (non-hydrogen) atoms. The van der Waals surface area contributed by atoms with Gasteiger partial charge in [-0.15, -0.1) is 0 Å². The number of nitrogens with zero attached hydrogens (tertiary/aromatic N) is 1. The van der Waals surface area contributed by atoms with Crippen LogP contribution in [-0.4, -0.2) is 40.6 Å². The highest BCUT2D eigenvalue weighted by molar-refractivity contribution is 7.93. The van der Waals surface area contributed by atoms with E-state index in [9.17, 15) is 18.0 Å². The summed E-state index contributed by atoms with van der Waals surface area (Å²) in [5.41, 5.74) is 1.61. The normalized spacial score (nSPS) is 11.2. The molecule has 0 radical (unpaired) electrons. The Morgan fingerprint density at radius 3 is 2.31 bits per heavy atom. The lowest BCUT2D eigenvalue weighted by Gasteiger charge is -2.25. The molecular formula is C23H31N3O5S. The summed E-state index contributed by atoms with van der Waals surface area (Å²) in [6, 6.07) is 10.8. The molecular weight excluding hydrogens is 430 g/mol. The number of ether oxygens (including phenoxy) is 1. The number of hydrogen-bond donors (Lipinski definition) is 2. The van der Waals surface area contributed by atoms with E-state index in [1.165, 1.54) is 7.11 Å². The van der Waals surface area contributed by atoms with Crippen molar-refractivity contribution in [3.63, 3.8) is 0 Å². The molecule has 0 unspecified atom stereocenters. The summed E-state index contributed by atoms with van der Waals surface area (Å²) in [6.07, 6.45) is 0.764. The number of nitrogens with one attached hydrogen (secondary N) is 2. The Morgan fingerprint density at radius 2 is 1.72 bits per heavy atom.